The highest BCUT2D eigenvalue weighted by Crippen LogP contribution is 2.36. The molecule has 3 heterocycles. The molecule has 0 unspecified atom stereocenters. The average molecular weight is 499 g/mol. The number of hydrogen-bond acceptors (Lipinski definition) is 8. The van der Waals surface area contributed by atoms with E-state index in [1.54, 1.807) is 4.68 Å². The molecular weight excluding hydrogens is 468 g/mol. The molecule has 1 aromatic heterocycles. The summed E-state index contributed by atoms with van der Waals surface area (Å²) in [6.45, 7) is 1.76. The lowest BCUT2D eigenvalue weighted by Crippen LogP contribution is -2.40. The average Bonchev–Trinajstić information content (AvgIpc) is 3.66. The molecule has 0 amide bonds. The van der Waals surface area contributed by atoms with Crippen LogP contribution in [0.5, 0.6) is 11.8 Å². The second-order valence-corrected chi connectivity index (χ2v) is 9.61. The Labute approximate surface area is 216 Å². The van der Waals surface area contributed by atoms with Crippen LogP contribution in [0.25, 0.3) is 11.1 Å². The number of aromatic nitrogens is 4. The van der Waals surface area contributed by atoms with Gasteiger partial charge in [-0.2, -0.15) is 4.68 Å². The Morgan fingerprint density at radius 2 is 1.70 bits per heavy atom. The number of nitrogens with one attached hydrogen (secondary N) is 1. The van der Waals surface area contributed by atoms with Crippen LogP contribution in [0.4, 0.5) is 5.69 Å². The van der Waals surface area contributed by atoms with Crippen LogP contribution in [-0.4, -0.2) is 65.8 Å². The van der Waals surface area contributed by atoms with Gasteiger partial charge in [-0.3, -0.25) is 0 Å². The molecule has 4 aromatic rings. The fraction of sp³-hybridized carbons (Fsp3) is 0.321. The summed E-state index contributed by atoms with van der Waals surface area (Å²) >= 11 is 0. The fourth-order valence-electron chi connectivity index (χ4n) is 4.95. The summed E-state index contributed by atoms with van der Waals surface area (Å²) in [4.78, 5) is 2.02. The third-order valence-corrected chi connectivity index (χ3v) is 6.98. The summed E-state index contributed by atoms with van der Waals surface area (Å²) in [5, 5.41) is 15.8. The van der Waals surface area contributed by atoms with Gasteiger partial charge in [0.1, 0.15) is 24.0 Å². The van der Waals surface area contributed by atoms with Crippen molar-refractivity contribution in [2.75, 3.05) is 32.2 Å². The van der Waals surface area contributed by atoms with Crippen molar-refractivity contribution in [1.82, 2.24) is 25.5 Å². The largest absolute Gasteiger partial charge is 0.423 e. The van der Waals surface area contributed by atoms with E-state index in [1.807, 2.05) is 49.3 Å². The SMILES string of the molecule is CN(C)c1cccc(Oc2nnnn2[C@H]2CO[C@H]3[C@@H]2OC[C@@H]3NCc2ccc(-c3ccccc3)cc2)c1. The van der Waals surface area contributed by atoms with Gasteiger partial charge in [-0.25, -0.2) is 0 Å². The molecule has 6 rings (SSSR count). The molecule has 4 atom stereocenters. The van der Waals surface area contributed by atoms with Gasteiger partial charge in [-0.15, -0.1) is 0 Å². The summed E-state index contributed by atoms with van der Waals surface area (Å²) in [5.74, 6) is 0.669. The van der Waals surface area contributed by atoms with E-state index in [9.17, 15) is 0 Å². The molecular formula is C28H30N6O3. The molecule has 0 radical (unpaired) electrons. The molecule has 2 aliphatic rings. The number of hydrogen-bond donors (Lipinski definition) is 1. The van der Waals surface area contributed by atoms with Crippen LogP contribution in [-0.2, 0) is 16.0 Å². The topological polar surface area (TPSA) is 86.6 Å². The first kappa shape index (κ1) is 23.6. The molecule has 190 valence electrons. The van der Waals surface area contributed by atoms with Gasteiger partial charge >= 0.3 is 6.01 Å². The molecule has 1 N–H and O–H groups in total. The first-order valence-electron chi connectivity index (χ1n) is 12.5. The molecule has 0 spiro atoms. The highest BCUT2D eigenvalue weighted by atomic mass is 16.6. The van der Waals surface area contributed by atoms with E-state index in [0.717, 1.165) is 12.2 Å². The molecule has 2 aliphatic heterocycles. The molecule has 2 saturated heterocycles. The zero-order chi connectivity index (χ0) is 25.2. The van der Waals surface area contributed by atoms with Crippen LogP contribution in [0.1, 0.15) is 11.6 Å². The Kier molecular flexibility index (Phi) is 6.57. The Morgan fingerprint density at radius 1 is 0.919 bits per heavy atom. The van der Waals surface area contributed by atoms with Gasteiger partial charge < -0.3 is 24.4 Å². The van der Waals surface area contributed by atoms with E-state index in [1.165, 1.54) is 16.7 Å². The van der Waals surface area contributed by atoms with Gasteiger partial charge in [0.2, 0.25) is 0 Å². The summed E-state index contributed by atoms with van der Waals surface area (Å²) in [6, 6.07) is 27.1. The van der Waals surface area contributed by atoms with Gasteiger partial charge in [0.15, 0.2) is 0 Å². The lowest BCUT2D eigenvalue weighted by Gasteiger charge is -2.18. The second-order valence-electron chi connectivity index (χ2n) is 9.61. The van der Waals surface area contributed by atoms with E-state index in [4.69, 9.17) is 14.2 Å². The first-order valence-corrected chi connectivity index (χ1v) is 12.5. The number of ether oxygens (including phenoxy) is 3. The van der Waals surface area contributed by atoms with E-state index in [2.05, 4.69) is 69.4 Å². The lowest BCUT2D eigenvalue weighted by atomic mass is 10.0. The van der Waals surface area contributed by atoms with Crippen molar-refractivity contribution in [2.24, 2.45) is 0 Å². The third-order valence-electron chi connectivity index (χ3n) is 6.98. The maximum Gasteiger partial charge on any atom is 0.341 e. The van der Waals surface area contributed by atoms with Crippen LogP contribution in [0.3, 0.4) is 0 Å². The smallest absolute Gasteiger partial charge is 0.341 e. The summed E-state index contributed by atoms with van der Waals surface area (Å²) < 4.78 is 20.1. The molecule has 9 nitrogen and oxygen atoms in total. The minimum absolute atomic E-state index is 0.0808. The Hall–Kier alpha value is -3.79. The molecule has 2 fully saturated rings. The van der Waals surface area contributed by atoms with Gasteiger partial charge in [0.05, 0.1) is 19.3 Å². The van der Waals surface area contributed by atoms with Gasteiger partial charge in [-0.05, 0) is 39.2 Å². The Morgan fingerprint density at radius 3 is 2.51 bits per heavy atom. The highest BCUT2D eigenvalue weighted by Gasteiger charge is 2.49. The van der Waals surface area contributed by atoms with Crippen molar-refractivity contribution >= 4 is 5.69 Å². The van der Waals surface area contributed by atoms with Crippen molar-refractivity contribution in [3.8, 4) is 22.9 Å². The first-order chi connectivity index (χ1) is 18.2. The Bertz CT molecular complexity index is 1330. The van der Waals surface area contributed by atoms with Crippen LogP contribution < -0.4 is 15.0 Å². The maximum absolute atomic E-state index is 6.18. The third kappa shape index (κ3) is 4.93. The number of anilines is 1. The molecule has 3 aromatic carbocycles. The zero-order valence-electron chi connectivity index (χ0n) is 20.9. The van der Waals surface area contributed by atoms with Crippen molar-refractivity contribution in [3.05, 3.63) is 84.4 Å². The van der Waals surface area contributed by atoms with Crippen LogP contribution in [0.2, 0.25) is 0 Å². The number of tetrazole rings is 1. The van der Waals surface area contributed by atoms with Crippen molar-refractivity contribution in [2.45, 2.75) is 30.8 Å². The molecule has 0 bridgehead atoms. The molecule has 9 heteroatoms. The maximum atomic E-state index is 6.18. The fourth-order valence-corrected chi connectivity index (χ4v) is 4.95. The highest BCUT2D eigenvalue weighted by molar-refractivity contribution is 5.63. The second kappa shape index (κ2) is 10.3. The van der Waals surface area contributed by atoms with Crippen LogP contribution in [0.15, 0.2) is 78.9 Å². The summed E-state index contributed by atoms with van der Waals surface area (Å²) in [5.41, 5.74) is 4.68. The van der Waals surface area contributed by atoms with Crippen LogP contribution in [0, 0.1) is 0 Å². The Balaban J connectivity index is 1.08. The predicted molar refractivity (Wildman–Crippen MR) is 140 cm³/mol. The van der Waals surface area contributed by atoms with Gasteiger partial charge in [-0.1, -0.05) is 65.8 Å². The van der Waals surface area contributed by atoms with E-state index in [-0.39, 0.29) is 24.3 Å². The minimum Gasteiger partial charge on any atom is -0.423 e. The number of rotatable bonds is 8. The lowest BCUT2D eigenvalue weighted by molar-refractivity contribution is 0.0611. The predicted octanol–water partition coefficient (Wildman–Crippen LogP) is 3.70. The zero-order valence-corrected chi connectivity index (χ0v) is 20.9. The summed E-state index contributed by atoms with van der Waals surface area (Å²) in [6.07, 6.45) is -0.236. The molecule has 37 heavy (non-hydrogen) atoms. The monoisotopic (exact) mass is 498 g/mol. The standard InChI is InChI=1S/C28H30N6O3/c1-33(2)22-9-6-10-23(15-22)37-28-30-31-32-34(28)25-18-36-26-24(17-35-27(25)26)29-16-19-11-13-21(14-12-19)20-7-4-3-5-8-20/h3-15,24-27,29H,16-18H2,1-2H3/t24-,25-,26+,27+/m0/s1. The van der Waals surface area contributed by atoms with Crippen molar-refractivity contribution in [3.63, 3.8) is 0 Å². The van der Waals surface area contributed by atoms with Crippen LogP contribution >= 0.6 is 0 Å². The van der Waals surface area contributed by atoms with E-state index in [0.29, 0.717) is 25.0 Å². The number of benzene rings is 3. The van der Waals surface area contributed by atoms with E-state index >= 15 is 0 Å². The van der Waals surface area contributed by atoms with Crippen molar-refractivity contribution < 1.29 is 14.2 Å². The van der Waals surface area contributed by atoms with E-state index < -0.39 is 0 Å². The quantitative estimate of drug-likeness (QED) is 0.394. The number of fused-ring (bicyclic) bond motifs is 1. The molecule has 0 aliphatic carbocycles. The summed E-state index contributed by atoms with van der Waals surface area (Å²) in [7, 11) is 3.97. The minimum atomic E-state index is -0.163. The number of nitrogens with zero attached hydrogens (tertiary/aromatic N) is 5. The van der Waals surface area contributed by atoms with Gasteiger partial charge in [0, 0.05) is 32.4 Å². The molecule has 0 saturated carbocycles. The van der Waals surface area contributed by atoms with Crippen molar-refractivity contribution in [1.29, 1.82) is 0 Å². The van der Waals surface area contributed by atoms with Gasteiger partial charge in [0.25, 0.3) is 0 Å². The normalized spacial score (nSPS) is 22.6.